The average Bonchev–Trinajstić information content (AvgIpc) is 2.85. The first-order valence-corrected chi connectivity index (χ1v) is 7.33. The smallest absolute Gasteiger partial charge is 0.243 e. The Morgan fingerprint density at radius 2 is 1.95 bits per heavy atom. The predicted molar refractivity (Wildman–Crippen MR) is 68.9 cm³/mol. The molecule has 0 saturated carbocycles. The number of rotatable bonds is 4. The Balaban J connectivity index is 2.35. The van der Waals surface area contributed by atoms with Gasteiger partial charge in [-0.05, 0) is 18.6 Å². The van der Waals surface area contributed by atoms with E-state index in [1.165, 1.54) is 30.7 Å². The standard InChI is InChI=1S/C12H17NO5S/c1-17-11-4-3-10(7-12(11)18-2)19(15,16)13-6-5-9(14)8-13/h3-4,7,9,14H,5-6,8H2,1-2H3/t9-/m1/s1. The van der Waals surface area contributed by atoms with Crippen molar-refractivity contribution in [1.29, 1.82) is 0 Å². The number of hydrogen-bond acceptors (Lipinski definition) is 5. The van der Waals surface area contributed by atoms with E-state index < -0.39 is 16.1 Å². The molecule has 1 aliphatic heterocycles. The van der Waals surface area contributed by atoms with Crippen LogP contribution in [0.3, 0.4) is 0 Å². The zero-order valence-electron chi connectivity index (χ0n) is 10.9. The van der Waals surface area contributed by atoms with Crippen molar-refractivity contribution in [1.82, 2.24) is 4.31 Å². The second kappa shape index (κ2) is 5.36. The number of hydrogen-bond donors (Lipinski definition) is 1. The van der Waals surface area contributed by atoms with Crippen LogP contribution >= 0.6 is 0 Å². The molecule has 0 unspecified atom stereocenters. The number of nitrogens with zero attached hydrogens (tertiary/aromatic N) is 1. The molecular weight excluding hydrogens is 270 g/mol. The van der Waals surface area contributed by atoms with E-state index in [0.717, 1.165) is 0 Å². The van der Waals surface area contributed by atoms with E-state index in [4.69, 9.17) is 9.47 Å². The Kier molecular flexibility index (Phi) is 3.98. The number of sulfonamides is 1. The molecule has 1 aromatic carbocycles. The van der Waals surface area contributed by atoms with Crippen molar-refractivity contribution in [2.75, 3.05) is 27.3 Å². The molecule has 0 bridgehead atoms. The molecule has 6 nitrogen and oxygen atoms in total. The zero-order valence-corrected chi connectivity index (χ0v) is 11.7. The fourth-order valence-electron chi connectivity index (χ4n) is 2.06. The number of β-amino-alcohol motifs (C(OH)–C–C–N with tert-alkyl or cyclic N) is 1. The van der Waals surface area contributed by atoms with Gasteiger partial charge in [0.15, 0.2) is 11.5 Å². The monoisotopic (exact) mass is 287 g/mol. The van der Waals surface area contributed by atoms with Gasteiger partial charge < -0.3 is 14.6 Å². The molecule has 0 aromatic heterocycles. The first-order chi connectivity index (χ1) is 8.98. The van der Waals surface area contributed by atoms with Gasteiger partial charge in [0.25, 0.3) is 0 Å². The van der Waals surface area contributed by atoms with Crippen molar-refractivity contribution in [3.05, 3.63) is 18.2 Å². The van der Waals surface area contributed by atoms with Crippen LogP contribution in [0.25, 0.3) is 0 Å². The summed E-state index contributed by atoms with van der Waals surface area (Å²) in [6.07, 6.45) is -0.123. The maximum atomic E-state index is 12.4. The summed E-state index contributed by atoms with van der Waals surface area (Å²) in [7, 11) is -0.650. The summed E-state index contributed by atoms with van der Waals surface area (Å²) in [5, 5.41) is 9.44. The molecule has 1 aliphatic rings. The van der Waals surface area contributed by atoms with Crippen LogP contribution in [-0.4, -0.2) is 51.2 Å². The zero-order chi connectivity index (χ0) is 14.0. The summed E-state index contributed by atoms with van der Waals surface area (Å²) in [5.41, 5.74) is 0. The van der Waals surface area contributed by atoms with E-state index in [9.17, 15) is 13.5 Å². The van der Waals surface area contributed by atoms with Crippen molar-refractivity contribution in [2.24, 2.45) is 0 Å². The highest BCUT2D eigenvalue weighted by Crippen LogP contribution is 2.31. The van der Waals surface area contributed by atoms with Crippen molar-refractivity contribution in [2.45, 2.75) is 17.4 Å². The molecule has 1 N–H and O–H groups in total. The topological polar surface area (TPSA) is 76.1 Å². The van der Waals surface area contributed by atoms with Crippen LogP contribution in [0.1, 0.15) is 6.42 Å². The molecule has 7 heteroatoms. The van der Waals surface area contributed by atoms with Gasteiger partial charge in [-0.25, -0.2) is 8.42 Å². The number of benzene rings is 1. The molecule has 1 fully saturated rings. The molecule has 1 saturated heterocycles. The fourth-order valence-corrected chi connectivity index (χ4v) is 3.56. The Hall–Kier alpha value is -1.31. The lowest BCUT2D eigenvalue weighted by molar-refractivity contribution is 0.189. The van der Waals surface area contributed by atoms with Crippen LogP contribution in [0, 0.1) is 0 Å². The number of aliphatic hydroxyl groups excluding tert-OH is 1. The molecule has 106 valence electrons. The Morgan fingerprint density at radius 1 is 1.26 bits per heavy atom. The SMILES string of the molecule is COc1ccc(S(=O)(=O)N2CC[C@@H](O)C2)cc1OC. The van der Waals surface area contributed by atoms with Crippen molar-refractivity contribution < 1.29 is 23.0 Å². The van der Waals surface area contributed by atoms with Crippen molar-refractivity contribution >= 4 is 10.0 Å². The van der Waals surface area contributed by atoms with E-state index in [2.05, 4.69) is 0 Å². The van der Waals surface area contributed by atoms with Gasteiger partial charge >= 0.3 is 0 Å². The normalized spacial score (nSPS) is 20.5. The van der Waals surface area contributed by atoms with E-state index in [1.54, 1.807) is 6.07 Å². The second-order valence-electron chi connectivity index (χ2n) is 4.32. The maximum absolute atomic E-state index is 12.4. The molecule has 1 atom stereocenters. The third-order valence-corrected chi connectivity index (χ3v) is 4.98. The molecule has 0 spiro atoms. The molecule has 0 radical (unpaired) electrons. The molecule has 0 aliphatic carbocycles. The summed E-state index contributed by atoms with van der Waals surface area (Å²) in [4.78, 5) is 0.138. The van der Waals surface area contributed by atoms with Crippen LogP contribution in [-0.2, 0) is 10.0 Å². The highest BCUT2D eigenvalue weighted by Gasteiger charge is 2.32. The molecular formula is C12H17NO5S. The Morgan fingerprint density at radius 3 is 2.47 bits per heavy atom. The van der Waals surface area contributed by atoms with Crippen LogP contribution in [0.2, 0.25) is 0 Å². The second-order valence-corrected chi connectivity index (χ2v) is 6.26. The third kappa shape index (κ3) is 2.68. The quantitative estimate of drug-likeness (QED) is 0.870. The van der Waals surface area contributed by atoms with Crippen molar-refractivity contribution in [3.63, 3.8) is 0 Å². The minimum absolute atomic E-state index is 0.136. The number of aliphatic hydroxyl groups is 1. The van der Waals surface area contributed by atoms with Crippen LogP contribution < -0.4 is 9.47 Å². The van der Waals surface area contributed by atoms with Crippen LogP contribution in [0.5, 0.6) is 11.5 Å². The Labute approximate surface area is 112 Å². The van der Waals surface area contributed by atoms with Gasteiger partial charge in [0.1, 0.15) is 0 Å². The van der Waals surface area contributed by atoms with Gasteiger partial charge in [-0.1, -0.05) is 0 Å². The number of methoxy groups -OCH3 is 2. The maximum Gasteiger partial charge on any atom is 0.243 e. The van der Waals surface area contributed by atoms with Crippen molar-refractivity contribution in [3.8, 4) is 11.5 Å². The summed E-state index contributed by atoms with van der Waals surface area (Å²) in [5.74, 6) is 0.839. The summed E-state index contributed by atoms with van der Waals surface area (Å²) >= 11 is 0. The molecule has 19 heavy (non-hydrogen) atoms. The first-order valence-electron chi connectivity index (χ1n) is 5.89. The van der Waals surface area contributed by atoms with Gasteiger partial charge in [-0.15, -0.1) is 0 Å². The highest BCUT2D eigenvalue weighted by molar-refractivity contribution is 7.89. The van der Waals surface area contributed by atoms with Crippen LogP contribution in [0.4, 0.5) is 0 Å². The minimum atomic E-state index is -3.59. The predicted octanol–water partition coefficient (Wildman–Crippen LogP) is 0.459. The minimum Gasteiger partial charge on any atom is -0.493 e. The van der Waals surface area contributed by atoms with E-state index in [1.807, 2.05) is 0 Å². The fraction of sp³-hybridized carbons (Fsp3) is 0.500. The van der Waals surface area contributed by atoms with Gasteiger partial charge in [-0.3, -0.25) is 0 Å². The Bertz CT molecular complexity index is 557. The molecule has 0 amide bonds. The summed E-state index contributed by atoms with van der Waals surface area (Å²) in [6, 6.07) is 4.46. The molecule has 1 aromatic rings. The van der Waals surface area contributed by atoms with E-state index in [-0.39, 0.29) is 11.4 Å². The molecule has 2 rings (SSSR count). The van der Waals surface area contributed by atoms with Gasteiger partial charge in [0, 0.05) is 19.2 Å². The molecule has 1 heterocycles. The summed E-state index contributed by atoms with van der Waals surface area (Å²) in [6.45, 7) is 0.467. The lowest BCUT2D eigenvalue weighted by Gasteiger charge is -2.17. The number of ether oxygens (including phenoxy) is 2. The van der Waals surface area contributed by atoms with Gasteiger partial charge in [-0.2, -0.15) is 4.31 Å². The van der Waals surface area contributed by atoms with E-state index in [0.29, 0.717) is 24.5 Å². The average molecular weight is 287 g/mol. The highest BCUT2D eigenvalue weighted by atomic mass is 32.2. The third-order valence-electron chi connectivity index (χ3n) is 3.12. The lowest BCUT2D eigenvalue weighted by Crippen LogP contribution is -2.29. The van der Waals surface area contributed by atoms with E-state index >= 15 is 0 Å². The summed E-state index contributed by atoms with van der Waals surface area (Å²) < 4.78 is 36.2. The van der Waals surface area contributed by atoms with Crippen LogP contribution in [0.15, 0.2) is 23.1 Å². The first kappa shape index (κ1) is 14.1. The van der Waals surface area contributed by atoms with Gasteiger partial charge in [0.2, 0.25) is 10.0 Å². The van der Waals surface area contributed by atoms with Gasteiger partial charge in [0.05, 0.1) is 25.2 Å². The lowest BCUT2D eigenvalue weighted by atomic mass is 10.3. The largest absolute Gasteiger partial charge is 0.493 e.